The molecule has 0 aliphatic rings. The zero-order valence-electron chi connectivity index (χ0n) is 11.5. The molecule has 0 aliphatic carbocycles. The standard InChI is InChI=1S/C10H8O3S.C3H8NO3P/c11-14(12,13)10-6-5-8-3-1-2-4-9(8)7-10;4-1-3(5)2-8(6)7/h1-7H,(H,11,12,13);3,5H,1-2,4H2/p+1. The van der Waals surface area contributed by atoms with Gasteiger partial charge in [-0.1, -0.05) is 30.3 Å². The SMILES string of the molecule is NCC(O)C[P+](=O)O.O=S(=O)(O)c1ccc2ccccc2c1. The van der Waals surface area contributed by atoms with Crippen molar-refractivity contribution in [2.45, 2.75) is 11.0 Å². The van der Waals surface area contributed by atoms with Gasteiger partial charge in [-0.25, -0.2) is 0 Å². The van der Waals surface area contributed by atoms with Crippen LogP contribution in [0.1, 0.15) is 0 Å². The summed E-state index contributed by atoms with van der Waals surface area (Å²) in [5, 5.41) is 10.3. The fourth-order valence-corrected chi connectivity index (χ4v) is 2.61. The Bertz CT molecular complexity index is 749. The van der Waals surface area contributed by atoms with E-state index in [4.69, 9.17) is 20.3 Å². The van der Waals surface area contributed by atoms with E-state index in [9.17, 15) is 13.0 Å². The van der Waals surface area contributed by atoms with Crippen LogP contribution in [-0.2, 0) is 14.7 Å². The van der Waals surface area contributed by atoms with Crippen LogP contribution in [0.4, 0.5) is 0 Å². The highest BCUT2D eigenvalue weighted by atomic mass is 32.2. The smallest absolute Gasteiger partial charge is 0.387 e. The number of hydrogen-bond acceptors (Lipinski definition) is 5. The van der Waals surface area contributed by atoms with Crippen LogP contribution >= 0.6 is 8.03 Å². The number of nitrogens with two attached hydrogens (primary N) is 1. The van der Waals surface area contributed by atoms with Crippen LogP contribution in [0.15, 0.2) is 47.4 Å². The van der Waals surface area contributed by atoms with E-state index >= 15 is 0 Å². The zero-order chi connectivity index (χ0) is 16.8. The summed E-state index contributed by atoms with van der Waals surface area (Å²) in [6.45, 7) is 0.0433. The number of aliphatic hydroxyl groups is 1. The molecule has 2 unspecified atom stereocenters. The normalized spacial score (nSPS) is 13.2. The third-order valence-electron chi connectivity index (χ3n) is 2.66. The summed E-state index contributed by atoms with van der Waals surface area (Å²) in [7, 11) is -6.32. The summed E-state index contributed by atoms with van der Waals surface area (Å²) in [6.07, 6.45) is -0.949. The predicted octanol–water partition coefficient (Wildman–Crippen LogP) is 1.13. The van der Waals surface area contributed by atoms with Gasteiger partial charge >= 0.3 is 8.03 Å². The molecule has 0 aromatic heterocycles. The molecule has 7 nitrogen and oxygen atoms in total. The summed E-state index contributed by atoms with van der Waals surface area (Å²) in [6, 6.07) is 11.9. The van der Waals surface area contributed by atoms with E-state index in [-0.39, 0.29) is 17.6 Å². The first kappa shape index (κ1) is 18.6. The van der Waals surface area contributed by atoms with Gasteiger partial charge in [0.15, 0.2) is 0 Å². The van der Waals surface area contributed by atoms with E-state index in [0.717, 1.165) is 10.8 Å². The second-order valence-electron chi connectivity index (χ2n) is 4.41. The maximum atomic E-state index is 10.8. The maximum Gasteiger partial charge on any atom is 0.508 e. The molecule has 2 aromatic rings. The molecule has 0 saturated carbocycles. The Morgan fingerprint density at radius 2 is 1.73 bits per heavy atom. The summed E-state index contributed by atoms with van der Waals surface area (Å²) < 4.78 is 40.4. The van der Waals surface area contributed by atoms with Gasteiger partial charge in [-0.05, 0) is 27.5 Å². The molecule has 2 rings (SSSR count). The number of hydrogen-bond donors (Lipinski definition) is 4. The molecular weight excluding hydrogens is 329 g/mol. The van der Waals surface area contributed by atoms with Crippen molar-refractivity contribution < 1.29 is 27.5 Å². The Morgan fingerprint density at radius 1 is 1.14 bits per heavy atom. The lowest BCUT2D eigenvalue weighted by Gasteiger charge is -1.99. The third kappa shape index (κ3) is 6.15. The lowest BCUT2D eigenvalue weighted by Crippen LogP contribution is -2.21. The van der Waals surface area contributed by atoms with E-state index in [1.54, 1.807) is 12.1 Å². The fraction of sp³-hybridized carbons (Fsp3) is 0.231. The van der Waals surface area contributed by atoms with Gasteiger partial charge in [0, 0.05) is 6.54 Å². The minimum atomic E-state index is -4.09. The average Bonchev–Trinajstić information content (AvgIpc) is 2.45. The van der Waals surface area contributed by atoms with Crippen molar-refractivity contribution in [2.75, 3.05) is 12.7 Å². The highest BCUT2D eigenvalue weighted by Crippen LogP contribution is 2.18. The van der Waals surface area contributed by atoms with Gasteiger partial charge in [-0.3, -0.25) is 4.55 Å². The number of aliphatic hydroxyl groups excluding tert-OH is 1. The van der Waals surface area contributed by atoms with Gasteiger partial charge in [0.2, 0.25) is 6.16 Å². The maximum absolute atomic E-state index is 10.8. The molecule has 9 heteroatoms. The summed E-state index contributed by atoms with van der Waals surface area (Å²) >= 11 is 0. The topological polar surface area (TPSA) is 138 Å². The lowest BCUT2D eigenvalue weighted by atomic mass is 10.1. The second kappa shape index (κ2) is 8.28. The first-order valence-electron chi connectivity index (χ1n) is 6.22. The molecule has 0 spiro atoms. The van der Waals surface area contributed by atoms with E-state index < -0.39 is 24.3 Å². The predicted molar refractivity (Wildman–Crippen MR) is 83.5 cm³/mol. The van der Waals surface area contributed by atoms with Crippen molar-refractivity contribution in [3.63, 3.8) is 0 Å². The van der Waals surface area contributed by atoms with Crippen molar-refractivity contribution in [1.82, 2.24) is 0 Å². The van der Waals surface area contributed by atoms with E-state index in [2.05, 4.69) is 0 Å². The minimum absolute atomic E-state index is 0.0433. The molecule has 0 radical (unpaired) electrons. The fourth-order valence-electron chi connectivity index (χ4n) is 1.58. The highest BCUT2D eigenvalue weighted by Gasteiger charge is 2.16. The van der Waals surface area contributed by atoms with E-state index in [0.29, 0.717) is 0 Å². The number of benzene rings is 2. The van der Waals surface area contributed by atoms with Crippen LogP contribution in [0, 0.1) is 0 Å². The molecule has 0 aliphatic heterocycles. The van der Waals surface area contributed by atoms with Crippen LogP contribution in [0.3, 0.4) is 0 Å². The Hall–Kier alpha value is -1.41. The molecule has 0 heterocycles. The van der Waals surface area contributed by atoms with Gasteiger partial charge in [-0.15, -0.1) is 0 Å². The van der Waals surface area contributed by atoms with Crippen molar-refractivity contribution >= 4 is 28.9 Å². The van der Waals surface area contributed by atoms with Crippen molar-refractivity contribution in [1.29, 1.82) is 0 Å². The first-order valence-corrected chi connectivity index (χ1v) is 9.05. The zero-order valence-corrected chi connectivity index (χ0v) is 13.2. The highest BCUT2D eigenvalue weighted by molar-refractivity contribution is 7.85. The van der Waals surface area contributed by atoms with Gasteiger partial charge in [0.05, 0.1) is 4.90 Å². The quantitative estimate of drug-likeness (QED) is 0.481. The molecule has 0 amide bonds. The van der Waals surface area contributed by atoms with Crippen LogP contribution < -0.4 is 5.73 Å². The number of fused-ring (bicyclic) bond motifs is 1. The first-order chi connectivity index (χ1) is 10.2. The Balaban J connectivity index is 0.000000261. The van der Waals surface area contributed by atoms with Crippen molar-refractivity contribution in [2.24, 2.45) is 5.73 Å². The molecular formula is C13H17NO6PS+. The van der Waals surface area contributed by atoms with Crippen LogP contribution in [0.25, 0.3) is 10.8 Å². The average molecular weight is 346 g/mol. The van der Waals surface area contributed by atoms with Gasteiger partial charge in [-0.2, -0.15) is 13.3 Å². The second-order valence-corrected chi connectivity index (χ2v) is 6.90. The van der Waals surface area contributed by atoms with Crippen LogP contribution in [-0.4, -0.2) is 41.8 Å². The van der Waals surface area contributed by atoms with Crippen molar-refractivity contribution in [3.8, 4) is 0 Å². The van der Waals surface area contributed by atoms with E-state index in [1.165, 1.54) is 12.1 Å². The monoisotopic (exact) mass is 346 g/mol. The third-order valence-corrected chi connectivity index (χ3v) is 4.24. The largest absolute Gasteiger partial charge is 0.508 e. The van der Waals surface area contributed by atoms with Gasteiger partial charge < -0.3 is 10.8 Å². The molecule has 120 valence electrons. The molecule has 5 N–H and O–H groups in total. The summed E-state index contributed by atoms with van der Waals surface area (Å²) in [5.74, 6) is 0. The summed E-state index contributed by atoms with van der Waals surface area (Å²) in [4.78, 5) is 8.07. The van der Waals surface area contributed by atoms with Gasteiger partial charge in [0.1, 0.15) is 6.10 Å². The lowest BCUT2D eigenvalue weighted by molar-refractivity contribution is 0.204. The van der Waals surface area contributed by atoms with E-state index in [1.807, 2.05) is 18.2 Å². The Kier molecular flexibility index (Phi) is 7.02. The van der Waals surface area contributed by atoms with Crippen LogP contribution in [0.5, 0.6) is 0 Å². The Labute approximate surface area is 129 Å². The Morgan fingerprint density at radius 3 is 2.18 bits per heavy atom. The van der Waals surface area contributed by atoms with Crippen LogP contribution in [0.2, 0.25) is 0 Å². The molecule has 22 heavy (non-hydrogen) atoms. The van der Waals surface area contributed by atoms with Gasteiger partial charge in [0.25, 0.3) is 10.1 Å². The molecule has 0 bridgehead atoms. The summed E-state index contributed by atoms with van der Waals surface area (Å²) in [5.41, 5.74) is 4.93. The molecule has 2 aromatic carbocycles. The molecule has 0 saturated heterocycles. The minimum Gasteiger partial charge on any atom is -0.387 e. The molecule has 2 atom stereocenters. The molecule has 0 fully saturated rings. The van der Waals surface area contributed by atoms with Crippen molar-refractivity contribution in [3.05, 3.63) is 42.5 Å². The number of rotatable bonds is 4.